The summed E-state index contributed by atoms with van der Waals surface area (Å²) in [5, 5.41) is 8.73. The van der Waals surface area contributed by atoms with Crippen molar-refractivity contribution < 1.29 is 14.6 Å². The van der Waals surface area contributed by atoms with Gasteiger partial charge in [0.25, 0.3) is 0 Å². The molecular formula is C14H22N2O3. The summed E-state index contributed by atoms with van der Waals surface area (Å²) in [4.78, 5) is 12.6. The van der Waals surface area contributed by atoms with Gasteiger partial charge in [0.1, 0.15) is 5.75 Å². The third-order valence-corrected chi connectivity index (χ3v) is 2.96. The van der Waals surface area contributed by atoms with E-state index in [1.54, 1.807) is 7.11 Å². The van der Waals surface area contributed by atoms with E-state index in [1.807, 2.05) is 37.9 Å². The number of likely N-dealkylation sites (N-methyl/N-ethyl adjacent to an activating group) is 1. The number of rotatable bonds is 6. The molecule has 0 aliphatic rings. The monoisotopic (exact) mass is 266 g/mol. The van der Waals surface area contributed by atoms with Gasteiger partial charge in [-0.2, -0.15) is 0 Å². The molecule has 1 unspecified atom stereocenters. The molecule has 1 rings (SSSR count). The van der Waals surface area contributed by atoms with Crippen LogP contribution in [0.1, 0.15) is 17.5 Å². The first-order chi connectivity index (χ1) is 8.85. The average molecular weight is 266 g/mol. The maximum atomic E-state index is 10.6. The Morgan fingerprint density at radius 3 is 2.63 bits per heavy atom. The van der Waals surface area contributed by atoms with Crippen LogP contribution in [-0.4, -0.2) is 37.8 Å². The van der Waals surface area contributed by atoms with Gasteiger partial charge in [-0.3, -0.25) is 4.79 Å². The third-order valence-electron chi connectivity index (χ3n) is 2.96. The lowest BCUT2D eigenvalue weighted by molar-refractivity contribution is -0.137. The smallest absolute Gasteiger partial charge is 0.304 e. The van der Waals surface area contributed by atoms with Crippen LogP contribution in [0, 0.1) is 13.8 Å². The van der Waals surface area contributed by atoms with Crippen LogP contribution in [-0.2, 0) is 4.79 Å². The van der Waals surface area contributed by atoms with Crippen molar-refractivity contribution >= 4 is 11.7 Å². The fraction of sp³-hybridized carbons (Fsp3) is 0.500. The van der Waals surface area contributed by atoms with E-state index < -0.39 is 12.0 Å². The molecule has 1 aromatic rings. The minimum atomic E-state index is -0.881. The maximum Gasteiger partial charge on any atom is 0.304 e. The fourth-order valence-electron chi connectivity index (χ4n) is 2.22. The highest BCUT2D eigenvalue weighted by Crippen LogP contribution is 2.32. The average Bonchev–Trinajstić information content (AvgIpc) is 2.26. The highest BCUT2D eigenvalue weighted by molar-refractivity contribution is 5.68. The third kappa shape index (κ3) is 4.13. The van der Waals surface area contributed by atoms with Crippen LogP contribution in [0.2, 0.25) is 0 Å². The number of benzene rings is 1. The Kier molecular flexibility index (Phi) is 5.18. The quantitative estimate of drug-likeness (QED) is 0.817. The number of anilines is 1. The van der Waals surface area contributed by atoms with Crippen molar-refractivity contribution in [2.75, 3.05) is 25.6 Å². The Hall–Kier alpha value is -1.75. The topological polar surface area (TPSA) is 75.8 Å². The van der Waals surface area contributed by atoms with Crippen molar-refractivity contribution in [1.29, 1.82) is 0 Å². The summed E-state index contributed by atoms with van der Waals surface area (Å²) in [5.41, 5.74) is 8.93. The predicted octanol–water partition coefficient (Wildman–Crippen LogP) is 1.55. The molecule has 0 aliphatic heterocycles. The molecule has 1 atom stereocenters. The molecule has 0 amide bonds. The fourth-order valence-corrected chi connectivity index (χ4v) is 2.22. The van der Waals surface area contributed by atoms with Crippen LogP contribution in [0.4, 0.5) is 5.69 Å². The van der Waals surface area contributed by atoms with Gasteiger partial charge in [-0.25, -0.2) is 0 Å². The van der Waals surface area contributed by atoms with E-state index >= 15 is 0 Å². The van der Waals surface area contributed by atoms with Gasteiger partial charge in [-0.05, 0) is 31.0 Å². The summed E-state index contributed by atoms with van der Waals surface area (Å²) in [7, 11) is 3.52. The SMILES string of the molecule is COc1c(C)cc(C)cc1N(C)CC(N)CC(=O)O. The first kappa shape index (κ1) is 15.3. The van der Waals surface area contributed by atoms with Gasteiger partial charge in [-0.15, -0.1) is 0 Å². The molecule has 0 heterocycles. The number of carboxylic acid groups (broad SMARTS) is 1. The van der Waals surface area contributed by atoms with Crippen molar-refractivity contribution in [3.05, 3.63) is 23.3 Å². The molecule has 19 heavy (non-hydrogen) atoms. The van der Waals surface area contributed by atoms with Gasteiger partial charge in [0.2, 0.25) is 0 Å². The number of carboxylic acids is 1. The molecule has 5 heteroatoms. The van der Waals surface area contributed by atoms with Gasteiger partial charge in [0.05, 0.1) is 19.2 Å². The number of ether oxygens (including phenoxy) is 1. The highest BCUT2D eigenvalue weighted by Gasteiger charge is 2.16. The zero-order chi connectivity index (χ0) is 14.6. The molecule has 1 aromatic carbocycles. The number of nitrogens with zero attached hydrogens (tertiary/aromatic N) is 1. The number of hydrogen-bond acceptors (Lipinski definition) is 4. The lowest BCUT2D eigenvalue weighted by atomic mass is 10.1. The summed E-state index contributed by atoms with van der Waals surface area (Å²) in [6.45, 7) is 4.47. The van der Waals surface area contributed by atoms with Gasteiger partial charge >= 0.3 is 5.97 Å². The number of nitrogens with two attached hydrogens (primary N) is 1. The molecule has 0 radical (unpaired) electrons. The zero-order valence-electron chi connectivity index (χ0n) is 11.9. The van der Waals surface area contributed by atoms with Gasteiger partial charge in [0.15, 0.2) is 0 Å². The summed E-state index contributed by atoms with van der Waals surface area (Å²) in [6, 6.07) is 3.65. The van der Waals surface area contributed by atoms with E-state index in [0.717, 1.165) is 22.6 Å². The van der Waals surface area contributed by atoms with Gasteiger partial charge in [-0.1, -0.05) is 6.07 Å². The van der Waals surface area contributed by atoms with Gasteiger partial charge in [0, 0.05) is 19.6 Å². The van der Waals surface area contributed by atoms with Crippen LogP contribution in [0.25, 0.3) is 0 Å². The van der Waals surface area contributed by atoms with E-state index in [4.69, 9.17) is 15.6 Å². The Morgan fingerprint density at radius 2 is 2.11 bits per heavy atom. The standard InChI is InChI=1S/C14H22N2O3/c1-9-5-10(2)14(19-4)12(6-9)16(3)8-11(15)7-13(17)18/h5-6,11H,7-8,15H2,1-4H3,(H,17,18). The second-order valence-electron chi connectivity index (χ2n) is 4.87. The first-order valence-electron chi connectivity index (χ1n) is 6.19. The summed E-state index contributed by atoms with van der Waals surface area (Å²) in [5.74, 6) is -0.0797. The summed E-state index contributed by atoms with van der Waals surface area (Å²) < 4.78 is 5.42. The molecule has 5 nitrogen and oxygen atoms in total. The zero-order valence-corrected chi connectivity index (χ0v) is 11.9. The molecule has 3 N–H and O–H groups in total. The second-order valence-corrected chi connectivity index (χ2v) is 4.87. The molecule has 0 spiro atoms. The number of methoxy groups -OCH3 is 1. The molecule has 0 saturated heterocycles. The van der Waals surface area contributed by atoms with Crippen molar-refractivity contribution in [3.63, 3.8) is 0 Å². The van der Waals surface area contributed by atoms with Crippen molar-refractivity contribution in [1.82, 2.24) is 0 Å². The molecule has 0 aromatic heterocycles. The largest absolute Gasteiger partial charge is 0.494 e. The van der Waals surface area contributed by atoms with Crippen molar-refractivity contribution in [2.24, 2.45) is 5.73 Å². The molecule has 106 valence electrons. The maximum absolute atomic E-state index is 10.6. The first-order valence-corrected chi connectivity index (χ1v) is 6.19. The van der Waals surface area contributed by atoms with Crippen molar-refractivity contribution in [2.45, 2.75) is 26.3 Å². The Morgan fingerprint density at radius 1 is 1.47 bits per heavy atom. The molecule has 0 aliphatic carbocycles. The van der Waals surface area contributed by atoms with Crippen molar-refractivity contribution in [3.8, 4) is 5.75 Å². The second kappa shape index (κ2) is 6.43. The molecule has 0 bridgehead atoms. The minimum absolute atomic E-state index is 0.0442. The van der Waals surface area contributed by atoms with E-state index in [1.165, 1.54) is 0 Å². The number of aryl methyl sites for hydroxylation is 2. The lowest BCUT2D eigenvalue weighted by Gasteiger charge is -2.25. The number of carbonyl (C=O) groups is 1. The molecule has 0 saturated carbocycles. The molecular weight excluding hydrogens is 244 g/mol. The number of hydrogen-bond donors (Lipinski definition) is 2. The Labute approximate surface area is 114 Å². The van der Waals surface area contributed by atoms with E-state index in [0.29, 0.717) is 6.54 Å². The highest BCUT2D eigenvalue weighted by atomic mass is 16.5. The minimum Gasteiger partial charge on any atom is -0.494 e. The van der Waals surface area contributed by atoms with E-state index in [9.17, 15) is 4.79 Å². The summed E-state index contributed by atoms with van der Waals surface area (Å²) in [6.07, 6.45) is -0.0442. The van der Waals surface area contributed by atoms with E-state index in [2.05, 4.69) is 0 Å². The van der Waals surface area contributed by atoms with Crippen LogP contribution < -0.4 is 15.4 Å². The van der Waals surface area contributed by atoms with Crippen LogP contribution in [0.3, 0.4) is 0 Å². The van der Waals surface area contributed by atoms with Gasteiger partial charge < -0.3 is 20.5 Å². The molecule has 0 fully saturated rings. The Bertz CT molecular complexity index is 460. The van der Waals surface area contributed by atoms with E-state index in [-0.39, 0.29) is 6.42 Å². The van der Waals surface area contributed by atoms with Crippen LogP contribution in [0.15, 0.2) is 12.1 Å². The lowest BCUT2D eigenvalue weighted by Crippen LogP contribution is -2.37. The van der Waals surface area contributed by atoms with Crippen LogP contribution in [0.5, 0.6) is 5.75 Å². The normalized spacial score (nSPS) is 12.1. The number of aliphatic carboxylic acids is 1. The predicted molar refractivity (Wildman–Crippen MR) is 76.0 cm³/mol. The summed E-state index contributed by atoms with van der Waals surface area (Å²) >= 11 is 0. The van der Waals surface area contributed by atoms with Crippen LogP contribution >= 0.6 is 0 Å². The Balaban J connectivity index is 2.92.